The molecule has 1 aliphatic rings. The quantitative estimate of drug-likeness (QED) is 0.874. The van der Waals surface area contributed by atoms with E-state index < -0.39 is 0 Å². The third-order valence-electron chi connectivity index (χ3n) is 2.88. The molecule has 1 N–H and O–H groups in total. The van der Waals surface area contributed by atoms with Gasteiger partial charge in [-0.3, -0.25) is 4.79 Å². The number of hydrogen-bond acceptors (Lipinski definition) is 2. The van der Waals surface area contributed by atoms with E-state index in [1.165, 1.54) is 0 Å². The molecule has 1 saturated carbocycles. The second-order valence-corrected chi connectivity index (χ2v) is 4.32. The van der Waals surface area contributed by atoms with Crippen LogP contribution in [0.4, 0.5) is 5.69 Å². The second kappa shape index (κ2) is 4.09. The van der Waals surface area contributed by atoms with E-state index in [1.54, 1.807) is 6.26 Å². The second-order valence-electron chi connectivity index (χ2n) is 4.32. The molecule has 1 fully saturated rings. The molecule has 0 aliphatic heterocycles. The average molecular weight is 227 g/mol. The first kappa shape index (κ1) is 10.1. The van der Waals surface area contributed by atoms with Crippen LogP contribution in [0, 0.1) is 5.92 Å². The Balaban J connectivity index is 1.81. The number of hydrogen-bond donors (Lipinski definition) is 1. The van der Waals surface area contributed by atoms with Gasteiger partial charge in [-0.15, -0.1) is 0 Å². The Labute approximate surface area is 99.4 Å². The van der Waals surface area contributed by atoms with Crippen molar-refractivity contribution in [2.75, 3.05) is 5.32 Å². The fourth-order valence-corrected chi connectivity index (χ4v) is 1.78. The van der Waals surface area contributed by atoms with Gasteiger partial charge >= 0.3 is 0 Å². The molecule has 86 valence electrons. The molecule has 0 unspecified atom stereocenters. The summed E-state index contributed by atoms with van der Waals surface area (Å²) in [5, 5.41) is 2.93. The monoisotopic (exact) mass is 227 g/mol. The number of furan rings is 1. The van der Waals surface area contributed by atoms with Crippen LogP contribution in [0.25, 0.3) is 11.3 Å². The van der Waals surface area contributed by atoms with Gasteiger partial charge in [-0.2, -0.15) is 0 Å². The van der Waals surface area contributed by atoms with Gasteiger partial charge in [-0.25, -0.2) is 0 Å². The lowest BCUT2D eigenvalue weighted by Gasteiger charge is -2.05. The molecule has 1 aromatic carbocycles. The molecule has 1 aliphatic carbocycles. The molecule has 1 aromatic heterocycles. The fraction of sp³-hybridized carbons (Fsp3) is 0.214. The highest BCUT2D eigenvalue weighted by atomic mass is 16.3. The number of carbonyl (C=O) groups excluding carboxylic acids is 1. The Kier molecular flexibility index (Phi) is 2.44. The molecule has 1 heterocycles. The molecular weight excluding hydrogens is 214 g/mol. The Bertz CT molecular complexity index is 527. The molecule has 0 radical (unpaired) electrons. The van der Waals surface area contributed by atoms with Gasteiger partial charge in [-0.05, 0) is 37.1 Å². The van der Waals surface area contributed by atoms with Gasteiger partial charge < -0.3 is 9.73 Å². The topological polar surface area (TPSA) is 42.2 Å². The van der Waals surface area contributed by atoms with Crippen LogP contribution >= 0.6 is 0 Å². The first-order valence-corrected chi connectivity index (χ1v) is 5.78. The van der Waals surface area contributed by atoms with Crippen molar-refractivity contribution in [2.45, 2.75) is 12.8 Å². The minimum atomic E-state index is 0.126. The van der Waals surface area contributed by atoms with E-state index in [9.17, 15) is 4.79 Å². The minimum Gasteiger partial charge on any atom is -0.464 e. The summed E-state index contributed by atoms with van der Waals surface area (Å²) in [6.45, 7) is 0. The summed E-state index contributed by atoms with van der Waals surface area (Å²) >= 11 is 0. The van der Waals surface area contributed by atoms with Crippen LogP contribution in [0.5, 0.6) is 0 Å². The Morgan fingerprint density at radius 2 is 2.12 bits per heavy atom. The highest BCUT2D eigenvalue weighted by molar-refractivity contribution is 5.94. The predicted octanol–water partition coefficient (Wildman–Crippen LogP) is 3.30. The van der Waals surface area contributed by atoms with Crippen molar-refractivity contribution in [3.8, 4) is 11.3 Å². The van der Waals surface area contributed by atoms with E-state index in [4.69, 9.17) is 4.42 Å². The molecule has 2 aromatic rings. The third-order valence-corrected chi connectivity index (χ3v) is 2.88. The van der Waals surface area contributed by atoms with Crippen LogP contribution in [-0.4, -0.2) is 5.91 Å². The Hall–Kier alpha value is -2.03. The largest absolute Gasteiger partial charge is 0.464 e. The van der Waals surface area contributed by atoms with E-state index in [0.29, 0.717) is 0 Å². The van der Waals surface area contributed by atoms with Crippen molar-refractivity contribution in [1.29, 1.82) is 0 Å². The van der Waals surface area contributed by atoms with Gasteiger partial charge in [0.2, 0.25) is 5.91 Å². The van der Waals surface area contributed by atoms with Crippen molar-refractivity contribution < 1.29 is 9.21 Å². The summed E-state index contributed by atoms with van der Waals surface area (Å²) in [5.41, 5.74) is 1.80. The standard InChI is InChI=1S/C14H13NO2/c16-14(10-6-7-10)15-12-4-1-3-11(9-12)13-5-2-8-17-13/h1-5,8-10H,6-7H2,(H,15,16). The van der Waals surface area contributed by atoms with Crippen molar-refractivity contribution in [2.24, 2.45) is 5.92 Å². The molecular formula is C14H13NO2. The van der Waals surface area contributed by atoms with E-state index in [-0.39, 0.29) is 11.8 Å². The van der Waals surface area contributed by atoms with Crippen LogP contribution in [0.1, 0.15) is 12.8 Å². The zero-order valence-corrected chi connectivity index (χ0v) is 9.35. The highest BCUT2D eigenvalue weighted by Crippen LogP contribution is 2.30. The number of nitrogens with one attached hydrogen (secondary N) is 1. The molecule has 0 spiro atoms. The summed E-state index contributed by atoms with van der Waals surface area (Å²) in [5.74, 6) is 1.16. The summed E-state index contributed by atoms with van der Waals surface area (Å²) in [6.07, 6.45) is 3.68. The summed E-state index contributed by atoms with van der Waals surface area (Å²) in [6, 6.07) is 11.5. The lowest BCUT2D eigenvalue weighted by atomic mass is 10.1. The maximum Gasteiger partial charge on any atom is 0.227 e. The average Bonchev–Trinajstić information content (AvgIpc) is 3.05. The zero-order chi connectivity index (χ0) is 11.7. The smallest absolute Gasteiger partial charge is 0.227 e. The Morgan fingerprint density at radius 3 is 2.82 bits per heavy atom. The normalized spacial score (nSPS) is 14.6. The van der Waals surface area contributed by atoms with Crippen molar-refractivity contribution in [3.05, 3.63) is 42.7 Å². The van der Waals surface area contributed by atoms with Crippen molar-refractivity contribution in [3.63, 3.8) is 0 Å². The first-order valence-electron chi connectivity index (χ1n) is 5.78. The summed E-state index contributed by atoms with van der Waals surface area (Å²) < 4.78 is 5.33. The summed E-state index contributed by atoms with van der Waals surface area (Å²) in [4.78, 5) is 11.6. The van der Waals surface area contributed by atoms with Crippen molar-refractivity contribution in [1.82, 2.24) is 0 Å². The highest BCUT2D eigenvalue weighted by Gasteiger charge is 2.29. The van der Waals surface area contributed by atoms with E-state index in [0.717, 1.165) is 29.9 Å². The SMILES string of the molecule is O=C(Nc1cccc(-c2ccco2)c1)C1CC1. The molecule has 3 nitrogen and oxygen atoms in total. The van der Waals surface area contributed by atoms with Crippen LogP contribution in [-0.2, 0) is 4.79 Å². The molecule has 17 heavy (non-hydrogen) atoms. The first-order chi connectivity index (χ1) is 8.33. The number of benzene rings is 1. The van der Waals surface area contributed by atoms with E-state index in [1.807, 2.05) is 36.4 Å². The maximum atomic E-state index is 11.6. The molecule has 3 heteroatoms. The molecule has 1 amide bonds. The third kappa shape index (κ3) is 2.23. The minimum absolute atomic E-state index is 0.126. The van der Waals surface area contributed by atoms with Crippen LogP contribution < -0.4 is 5.32 Å². The van der Waals surface area contributed by atoms with Gasteiger partial charge in [0.15, 0.2) is 0 Å². The molecule has 0 saturated heterocycles. The van der Waals surface area contributed by atoms with Gasteiger partial charge in [0.1, 0.15) is 5.76 Å². The lowest BCUT2D eigenvalue weighted by Crippen LogP contribution is -2.13. The maximum absolute atomic E-state index is 11.6. The van der Waals surface area contributed by atoms with E-state index >= 15 is 0 Å². The Morgan fingerprint density at radius 1 is 1.24 bits per heavy atom. The molecule has 3 rings (SSSR count). The van der Waals surface area contributed by atoms with Gasteiger partial charge in [-0.1, -0.05) is 12.1 Å². The summed E-state index contributed by atoms with van der Waals surface area (Å²) in [7, 11) is 0. The van der Waals surface area contributed by atoms with E-state index in [2.05, 4.69) is 5.32 Å². The number of amides is 1. The lowest BCUT2D eigenvalue weighted by molar-refractivity contribution is -0.117. The fourth-order valence-electron chi connectivity index (χ4n) is 1.78. The van der Waals surface area contributed by atoms with Gasteiger partial charge in [0.05, 0.1) is 6.26 Å². The van der Waals surface area contributed by atoms with Gasteiger partial charge in [0.25, 0.3) is 0 Å². The molecule has 0 bridgehead atoms. The zero-order valence-electron chi connectivity index (χ0n) is 9.35. The molecule has 0 atom stereocenters. The van der Waals surface area contributed by atoms with Crippen LogP contribution in [0.15, 0.2) is 47.1 Å². The number of rotatable bonds is 3. The van der Waals surface area contributed by atoms with Gasteiger partial charge in [0, 0.05) is 17.2 Å². The number of anilines is 1. The van der Waals surface area contributed by atoms with Crippen molar-refractivity contribution >= 4 is 11.6 Å². The number of carbonyl (C=O) groups is 1. The predicted molar refractivity (Wildman–Crippen MR) is 65.5 cm³/mol. The van der Waals surface area contributed by atoms with Crippen LogP contribution in [0.3, 0.4) is 0 Å². The van der Waals surface area contributed by atoms with Crippen LogP contribution in [0.2, 0.25) is 0 Å².